The monoisotopic (exact) mass is 1260 g/mol. The molecule has 1 fully saturated rings. The van der Waals surface area contributed by atoms with Crippen molar-refractivity contribution in [1.29, 1.82) is 0 Å². The first-order chi connectivity index (χ1) is 42.1. The average Bonchev–Trinajstić information content (AvgIpc) is 3.67. The smallest absolute Gasteiger partial charge is 0.316 e. The number of para-hydroxylation sites is 1. The number of aliphatic hydroxyl groups is 1. The van der Waals surface area contributed by atoms with Crippen molar-refractivity contribution in [1.82, 2.24) is 47.5 Å². The summed E-state index contributed by atoms with van der Waals surface area (Å²) in [5.41, 5.74) is 25.9. The summed E-state index contributed by atoms with van der Waals surface area (Å²) in [7, 11) is 1.87. The Morgan fingerprint density at radius 1 is 0.636 bits per heavy atom. The summed E-state index contributed by atoms with van der Waals surface area (Å²) in [6, 6.07) is 18.8. The van der Waals surface area contributed by atoms with E-state index in [-0.39, 0.29) is 56.6 Å². The van der Waals surface area contributed by atoms with E-state index in [0.717, 1.165) is 32.4 Å². The van der Waals surface area contributed by atoms with Crippen LogP contribution < -0.4 is 70.8 Å². The lowest BCUT2D eigenvalue weighted by molar-refractivity contribution is -0.136. The van der Waals surface area contributed by atoms with Gasteiger partial charge in [0.1, 0.15) is 48.3 Å². The lowest BCUT2D eigenvalue weighted by Gasteiger charge is -2.29. The van der Waals surface area contributed by atoms with Gasteiger partial charge in [-0.2, -0.15) is 0 Å². The number of carbonyl (C=O) groups is 10. The summed E-state index contributed by atoms with van der Waals surface area (Å²) >= 11 is 6.13. The van der Waals surface area contributed by atoms with Crippen LogP contribution in [-0.4, -0.2) is 142 Å². The molecule has 1 aromatic heterocycles. The number of hydrogen-bond acceptors (Lipinski definition) is 14. The van der Waals surface area contributed by atoms with Crippen LogP contribution in [0.2, 0.25) is 5.02 Å². The van der Waals surface area contributed by atoms with Crippen molar-refractivity contribution < 1.29 is 53.1 Å². The van der Waals surface area contributed by atoms with Gasteiger partial charge in [0.2, 0.25) is 47.3 Å². The summed E-state index contributed by atoms with van der Waals surface area (Å²) in [6.45, 7) is 1.44. The zero-order valence-corrected chi connectivity index (χ0v) is 50.2. The number of nitrogens with two attached hydrogens (primary N) is 4. The second-order valence-electron chi connectivity index (χ2n) is 21.1. The van der Waals surface area contributed by atoms with Crippen LogP contribution in [-0.2, 0) is 64.0 Å². The number of unbranched alkanes of at least 4 members (excludes halogenated alkanes) is 1. The number of hydrogen-bond donors (Lipinski definition) is 15. The van der Waals surface area contributed by atoms with Gasteiger partial charge in [0, 0.05) is 65.0 Å². The van der Waals surface area contributed by atoms with E-state index in [4.69, 9.17) is 34.5 Å². The zero-order chi connectivity index (χ0) is 63.4. The fourth-order valence-corrected chi connectivity index (χ4v) is 12.2. The van der Waals surface area contributed by atoms with Crippen molar-refractivity contribution >= 4 is 120 Å². The van der Waals surface area contributed by atoms with Crippen LogP contribution in [0.1, 0.15) is 48.4 Å². The molecule has 6 aromatic rings. The number of anilines is 1. The third-order valence-electron chi connectivity index (χ3n) is 14.4. The van der Waals surface area contributed by atoms with Gasteiger partial charge in [-0.3, -0.25) is 38.4 Å². The predicted octanol–water partition coefficient (Wildman–Crippen LogP) is 1.56. The fraction of sp³-hybridized carbons (Fsp3) is 0.333. The third-order valence-corrected chi connectivity index (χ3v) is 17.1. The summed E-state index contributed by atoms with van der Waals surface area (Å²) in [6.07, 6.45) is 0.0789. The molecule has 9 atom stereocenters. The molecule has 0 saturated carbocycles. The van der Waals surface area contributed by atoms with Gasteiger partial charge in [-0.15, -0.1) is 0 Å². The Balaban J connectivity index is 1.29. The maximum atomic E-state index is 15.1. The number of urea groups is 2. The van der Waals surface area contributed by atoms with Crippen LogP contribution in [0.5, 0.6) is 0 Å². The molecule has 0 bridgehead atoms. The molecule has 466 valence electrons. The van der Waals surface area contributed by atoms with Crippen LogP contribution >= 0.6 is 33.2 Å². The Hall–Kier alpha value is -8.89. The Morgan fingerprint density at radius 2 is 1.25 bits per heavy atom. The van der Waals surface area contributed by atoms with Crippen LogP contribution in [0.25, 0.3) is 21.7 Å². The SMILES string of the molecule is C[C@@H](O)[C@@H]1NC(=O)[C@H](CCCCN)NC(=O)[C@@H](Cc2c[nH]c3ccccc23)NC(=O)[C@H](Cc2ccc(NC(N)=O)cc2)NC(=O)[C@H](NC(=O)[C@H](Cc2ccc(Cl)cc2)NC(N)=O)CSSC[C@@H](C(=O)N[C@@H](Cc2ccc3ccccc3c2)C(N)=O)NC1=O. The van der Waals surface area contributed by atoms with Gasteiger partial charge in [0.15, 0.2) is 0 Å². The highest BCUT2D eigenvalue weighted by molar-refractivity contribution is 8.76. The topological polar surface area (TPSA) is 419 Å². The highest BCUT2D eigenvalue weighted by Crippen LogP contribution is 2.25. The molecule has 0 spiro atoms. The summed E-state index contributed by atoms with van der Waals surface area (Å²) in [4.78, 5) is 143. The molecule has 7 rings (SSSR count). The first-order valence-electron chi connectivity index (χ1n) is 28.2. The number of primary amides is 3. The van der Waals surface area contributed by atoms with E-state index in [2.05, 4.69) is 52.8 Å². The Morgan fingerprint density at radius 3 is 1.93 bits per heavy atom. The van der Waals surface area contributed by atoms with E-state index in [1.807, 2.05) is 42.5 Å². The number of halogens is 1. The number of nitrogens with one attached hydrogen (secondary N) is 10. The molecule has 25 nitrogen and oxygen atoms in total. The number of aliphatic hydroxyl groups excluding tert-OH is 1. The van der Waals surface area contributed by atoms with Crippen molar-refractivity contribution in [2.45, 2.75) is 106 Å². The van der Waals surface area contributed by atoms with E-state index >= 15 is 9.59 Å². The number of aromatic nitrogens is 1. The summed E-state index contributed by atoms with van der Waals surface area (Å²) < 4.78 is 0. The number of rotatable bonds is 20. The highest BCUT2D eigenvalue weighted by Gasteiger charge is 2.37. The molecule has 2 heterocycles. The van der Waals surface area contributed by atoms with Crippen molar-refractivity contribution in [2.75, 3.05) is 23.4 Å². The molecule has 5 aromatic carbocycles. The minimum atomic E-state index is -1.76. The maximum absolute atomic E-state index is 15.1. The lowest BCUT2D eigenvalue weighted by atomic mass is 10.0. The summed E-state index contributed by atoms with van der Waals surface area (Å²) in [5.74, 6) is -8.03. The third kappa shape index (κ3) is 19.6. The second-order valence-corrected chi connectivity index (χ2v) is 24.1. The van der Waals surface area contributed by atoms with Gasteiger partial charge in [0.05, 0.1) is 6.10 Å². The van der Waals surface area contributed by atoms with E-state index in [1.165, 1.54) is 19.1 Å². The molecular formula is C60H71ClN14O11S2. The zero-order valence-electron chi connectivity index (χ0n) is 47.8. The standard InChI is InChI=1S/C60H71ClN14O11S2/c1-32(76)50-58(84)73-49(56(82)69-44(51(63)77)27-35-13-18-36-8-2-3-9-37(36)24-35)31-88-87-30-48(72-54(80)46(74-60(65)86)26-33-14-19-39(61)20-15-33)57(83)70-45(25-34-16-21-40(22-17-34)67-59(64)85)53(79)71-47(28-38-29-66-42-11-5-4-10-41(38)42)55(81)68-43(52(78)75-50)12-6-7-23-62/h2-5,8-11,13-22,24,29,32,43-50,66,76H,6-7,12,23,25-28,30-31,62H2,1H3,(H2,63,77)(H,68,81)(H,69,82)(H,70,83)(H,71,79)(H,72,80)(H,73,84)(H,75,78)(H3,64,67,85)(H3,65,74,86)/t32-,43+,44+,45+,46+,47-,48-,49+,50+/m1/s1. The largest absolute Gasteiger partial charge is 0.391 e. The van der Waals surface area contributed by atoms with E-state index < -0.39 is 114 Å². The predicted molar refractivity (Wildman–Crippen MR) is 337 cm³/mol. The molecule has 12 amide bonds. The summed E-state index contributed by atoms with van der Waals surface area (Å²) in [5, 5.41) is 37.7. The Bertz CT molecular complexity index is 3490. The number of fused-ring (bicyclic) bond motifs is 2. The quantitative estimate of drug-likeness (QED) is 0.0381. The number of amides is 12. The minimum absolute atomic E-state index is 0.0385. The van der Waals surface area contributed by atoms with Gasteiger partial charge in [-0.05, 0) is 96.1 Å². The normalized spacial score (nSPS) is 20.1. The highest BCUT2D eigenvalue weighted by atomic mass is 35.5. The number of H-pyrrole nitrogens is 1. The molecule has 0 unspecified atom stereocenters. The van der Waals surface area contributed by atoms with Crippen LogP contribution in [0.3, 0.4) is 0 Å². The van der Waals surface area contributed by atoms with Crippen molar-refractivity contribution in [3.63, 3.8) is 0 Å². The van der Waals surface area contributed by atoms with Gasteiger partial charge >= 0.3 is 12.1 Å². The molecule has 88 heavy (non-hydrogen) atoms. The number of carbonyl (C=O) groups excluding carboxylic acids is 10. The molecule has 0 aliphatic carbocycles. The van der Waals surface area contributed by atoms with E-state index in [1.54, 1.807) is 66.9 Å². The molecule has 0 radical (unpaired) electrons. The van der Waals surface area contributed by atoms with Crippen LogP contribution in [0.4, 0.5) is 15.3 Å². The van der Waals surface area contributed by atoms with Gasteiger partial charge in [0.25, 0.3) is 0 Å². The van der Waals surface area contributed by atoms with Crippen molar-refractivity contribution in [3.05, 3.63) is 149 Å². The average molecular weight is 1260 g/mol. The number of benzene rings is 5. The molecule has 19 N–H and O–H groups in total. The molecule has 28 heteroatoms. The molecule has 1 aliphatic heterocycles. The lowest BCUT2D eigenvalue weighted by Crippen LogP contribution is -2.62. The van der Waals surface area contributed by atoms with Gasteiger partial charge < -0.3 is 80.9 Å². The van der Waals surface area contributed by atoms with Gasteiger partial charge in [-0.25, -0.2) is 9.59 Å². The Labute approximate surface area is 519 Å². The van der Waals surface area contributed by atoms with E-state index in [0.29, 0.717) is 50.3 Å². The fourth-order valence-electron chi connectivity index (χ4n) is 9.74. The van der Waals surface area contributed by atoms with Crippen LogP contribution in [0.15, 0.2) is 121 Å². The maximum Gasteiger partial charge on any atom is 0.316 e. The first kappa shape index (κ1) is 66.6. The van der Waals surface area contributed by atoms with Crippen LogP contribution in [0, 0.1) is 0 Å². The van der Waals surface area contributed by atoms with Crippen molar-refractivity contribution in [3.8, 4) is 0 Å². The first-order valence-corrected chi connectivity index (χ1v) is 31.0. The molecule has 1 aliphatic rings. The molecular weight excluding hydrogens is 1190 g/mol. The molecule has 1 saturated heterocycles. The minimum Gasteiger partial charge on any atom is -0.391 e. The van der Waals surface area contributed by atoms with Crippen molar-refractivity contribution in [2.24, 2.45) is 22.9 Å². The van der Waals surface area contributed by atoms with E-state index in [9.17, 15) is 43.5 Å². The van der Waals surface area contributed by atoms with Gasteiger partial charge in [-0.1, -0.05) is 118 Å². The second kappa shape index (κ2) is 32.2. The Kier molecular flexibility index (Phi) is 24.4. The number of aromatic amines is 1.